The molecule has 0 aliphatic carbocycles. The summed E-state index contributed by atoms with van der Waals surface area (Å²) in [4.78, 5) is 15.8. The highest BCUT2D eigenvalue weighted by Crippen LogP contribution is 2.16. The van der Waals surface area contributed by atoms with Gasteiger partial charge in [0.1, 0.15) is 6.10 Å². The number of rotatable bonds is 5. The van der Waals surface area contributed by atoms with Crippen molar-refractivity contribution in [2.24, 2.45) is 0 Å². The second kappa shape index (κ2) is 6.99. The molecule has 1 aliphatic rings. The minimum Gasteiger partial charge on any atom is -0.379 e. The Morgan fingerprint density at radius 1 is 1.50 bits per heavy atom. The predicted octanol–water partition coefficient (Wildman–Crippen LogP) is 0.208. The Kier molecular flexibility index (Phi) is 5.27. The summed E-state index contributed by atoms with van der Waals surface area (Å²) in [6.45, 7) is 0.856. The molecule has 0 saturated carbocycles. The standard InChI is InChI=1S/C12H15FN2O6S/c1-19-11-7-20-3-2-10(11)15-12(16)8-4-9(6-14-5-8)21-22(13,17)18/h4-6,10-11H,2-3,7H2,1H3,(H,15,16). The topological polar surface area (TPSA) is 104 Å². The molecule has 10 heteroatoms. The predicted molar refractivity (Wildman–Crippen MR) is 72.4 cm³/mol. The zero-order chi connectivity index (χ0) is 16.2. The van der Waals surface area contributed by atoms with E-state index in [4.69, 9.17) is 9.47 Å². The fraction of sp³-hybridized carbons (Fsp3) is 0.500. The lowest BCUT2D eigenvalue weighted by Gasteiger charge is -2.30. The monoisotopic (exact) mass is 334 g/mol. The maximum atomic E-state index is 12.5. The molecule has 2 heterocycles. The van der Waals surface area contributed by atoms with Crippen molar-refractivity contribution in [2.75, 3.05) is 20.3 Å². The van der Waals surface area contributed by atoms with Crippen LogP contribution in [-0.4, -0.2) is 51.8 Å². The molecule has 1 N–H and O–H groups in total. The number of halogens is 1. The van der Waals surface area contributed by atoms with E-state index in [1.807, 2.05) is 0 Å². The molecular formula is C12H15FN2O6S. The number of hydrogen-bond donors (Lipinski definition) is 1. The highest BCUT2D eigenvalue weighted by molar-refractivity contribution is 7.81. The lowest BCUT2D eigenvalue weighted by atomic mass is 10.1. The minimum absolute atomic E-state index is 0.0440. The smallest absolute Gasteiger partial charge is 0.379 e. The molecule has 0 aromatic carbocycles. The molecule has 1 aliphatic heterocycles. The number of pyridine rings is 1. The first-order valence-corrected chi connectivity index (χ1v) is 7.70. The Labute approximate surface area is 127 Å². The Morgan fingerprint density at radius 3 is 2.95 bits per heavy atom. The van der Waals surface area contributed by atoms with Gasteiger partial charge in [0.05, 0.1) is 24.4 Å². The molecule has 0 bridgehead atoms. The van der Waals surface area contributed by atoms with Gasteiger partial charge >= 0.3 is 10.5 Å². The van der Waals surface area contributed by atoms with Crippen LogP contribution in [0.15, 0.2) is 18.5 Å². The summed E-state index contributed by atoms with van der Waals surface area (Å²) in [5.41, 5.74) is 0.0440. The van der Waals surface area contributed by atoms with Crippen LogP contribution in [0.25, 0.3) is 0 Å². The average molecular weight is 334 g/mol. The van der Waals surface area contributed by atoms with E-state index in [1.54, 1.807) is 0 Å². The Bertz CT molecular complexity index is 638. The zero-order valence-corrected chi connectivity index (χ0v) is 12.5. The van der Waals surface area contributed by atoms with E-state index in [0.717, 1.165) is 12.3 Å². The summed E-state index contributed by atoms with van der Waals surface area (Å²) < 4.78 is 47.8. The van der Waals surface area contributed by atoms with E-state index in [2.05, 4.69) is 14.5 Å². The fourth-order valence-electron chi connectivity index (χ4n) is 2.06. The number of nitrogens with one attached hydrogen (secondary N) is 1. The number of nitrogens with zero attached hydrogens (tertiary/aromatic N) is 1. The first kappa shape index (κ1) is 16.6. The number of amides is 1. The van der Waals surface area contributed by atoms with E-state index < -0.39 is 16.4 Å². The van der Waals surface area contributed by atoms with Crippen LogP contribution in [0.4, 0.5) is 3.89 Å². The van der Waals surface area contributed by atoms with Crippen LogP contribution in [0.3, 0.4) is 0 Å². The molecule has 22 heavy (non-hydrogen) atoms. The highest BCUT2D eigenvalue weighted by atomic mass is 32.3. The number of ether oxygens (including phenoxy) is 2. The lowest BCUT2D eigenvalue weighted by molar-refractivity contribution is -0.0479. The summed E-state index contributed by atoms with van der Waals surface area (Å²) in [6.07, 6.45) is 2.50. The molecular weight excluding hydrogens is 319 g/mol. The molecule has 2 atom stereocenters. The van der Waals surface area contributed by atoms with Gasteiger partial charge in [-0.2, -0.15) is 8.42 Å². The van der Waals surface area contributed by atoms with E-state index >= 15 is 0 Å². The van der Waals surface area contributed by atoms with Crippen LogP contribution >= 0.6 is 0 Å². The quantitative estimate of drug-likeness (QED) is 0.768. The summed E-state index contributed by atoms with van der Waals surface area (Å²) in [7, 11) is -3.65. The molecule has 2 unspecified atom stereocenters. The molecule has 2 rings (SSSR count). The van der Waals surface area contributed by atoms with Crippen LogP contribution in [0, 0.1) is 0 Å². The normalized spacial score (nSPS) is 22.1. The first-order valence-electron chi connectivity index (χ1n) is 6.39. The maximum absolute atomic E-state index is 12.5. The van der Waals surface area contributed by atoms with Gasteiger partial charge in [0, 0.05) is 19.9 Å². The second-order valence-electron chi connectivity index (χ2n) is 4.60. The van der Waals surface area contributed by atoms with E-state index in [0.29, 0.717) is 19.6 Å². The molecule has 0 radical (unpaired) electrons. The van der Waals surface area contributed by atoms with E-state index in [9.17, 15) is 17.1 Å². The first-order chi connectivity index (χ1) is 10.4. The zero-order valence-electron chi connectivity index (χ0n) is 11.7. The SMILES string of the molecule is COC1COCCC1NC(=O)c1cncc(OS(=O)(=O)F)c1. The van der Waals surface area contributed by atoms with Crippen LogP contribution in [-0.2, 0) is 20.0 Å². The molecule has 122 valence electrons. The third kappa shape index (κ3) is 4.61. The van der Waals surface area contributed by atoms with Crippen LogP contribution < -0.4 is 9.50 Å². The summed E-state index contributed by atoms with van der Waals surface area (Å²) >= 11 is 0. The molecule has 0 spiro atoms. The van der Waals surface area contributed by atoms with Crippen LogP contribution in [0.2, 0.25) is 0 Å². The Morgan fingerprint density at radius 2 is 2.27 bits per heavy atom. The fourth-order valence-corrected chi connectivity index (χ4v) is 2.39. The van der Waals surface area contributed by atoms with E-state index in [1.165, 1.54) is 13.3 Å². The molecule has 1 amide bonds. The number of aromatic nitrogens is 1. The van der Waals surface area contributed by atoms with Crippen molar-refractivity contribution in [3.8, 4) is 5.75 Å². The molecule has 1 saturated heterocycles. The third-order valence-corrected chi connectivity index (χ3v) is 3.49. The van der Waals surface area contributed by atoms with Gasteiger partial charge in [-0.3, -0.25) is 9.78 Å². The second-order valence-corrected chi connectivity index (χ2v) is 5.56. The molecule has 1 aromatic rings. The summed E-state index contributed by atoms with van der Waals surface area (Å²) in [5, 5.41) is 2.74. The van der Waals surface area contributed by atoms with Crippen molar-refractivity contribution in [2.45, 2.75) is 18.6 Å². The van der Waals surface area contributed by atoms with Crippen LogP contribution in [0.5, 0.6) is 5.75 Å². The number of carbonyl (C=O) groups excluding carboxylic acids is 1. The van der Waals surface area contributed by atoms with Crippen molar-refractivity contribution < 1.29 is 30.8 Å². The largest absolute Gasteiger partial charge is 0.488 e. The summed E-state index contributed by atoms with van der Waals surface area (Å²) in [5.74, 6) is -0.881. The van der Waals surface area contributed by atoms with Gasteiger partial charge in [-0.15, -0.1) is 0 Å². The molecule has 8 nitrogen and oxygen atoms in total. The molecule has 1 fully saturated rings. The number of carbonyl (C=O) groups is 1. The van der Waals surface area contributed by atoms with Crippen molar-refractivity contribution in [3.05, 3.63) is 24.0 Å². The van der Waals surface area contributed by atoms with Gasteiger partial charge in [-0.1, -0.05) is 3.89 Å². The lowest BCUT2D eigenvalue weighted by Crippen LogP contribution is -2.49. The van der Waals surface area contributed by atoms with Gasteiger partial charge in [0.15, 0.2) is 5.75 Å². The van der Waals surface area contributed by atoms with Gasteiger partial charge < -0.3 is 19.0 Å². The van der Waals surface area contributed by atoms with Gasteiger partial charge in [0.25, 0.3) is 5.91 Å². The van der Waals surface area contributed by atoms with Crippen molar-refractivity contribution in [1.29, 1.82) is 0 Å². The summed E-state index contributed by atoms with van der Waals surface area (Å²) in [6, 6.07) is 0.835. The number of methoxy groups -OCH3 is 1. The van der Waals surface area contributed by atoms with Crippen molar-refractivity contribution in [1.82, 2.24) is 10.3 Å². The Hall–Kier alpha value is -1.78. The Balaban J connectivity index is 2.07. The molecule has 1 aromatic heterocycles. The van der Waals surface area contributed by atoms with Crippen LogP contribution in [0.1, 0.15) is 16.8 Å². The van der Waals surface area contributed by atoms with Crippen molar-refractivity contribution >= 4 is 16.4 Å². The average Bonchev–Trinajstić information content (AvgIpc) is 2.46. The minimum atomic E-state index is -5.17. The van der Waals surface area contributed by atoms with E-state index in [-0.39, 0.29) is 23.5 Å². The number of hydrogen-bond acceptors (Lipinski definition) is 7. The highest BCUT2D eigenvalue weighted by Gasteiger charge is 2.27. The van der Waals surface area contributed by atoms with Crippen molar-refractivity contribution in [3.63, 3.8) is 0 Å². The van der Waals surface area contributed by atoms with Gasteiger partial charge in [0.2, 0.25) is 0 Å². The van der Waals surface area contributed by atoms with Gasteiger partial charge in [-0.25, -0.2) is 0 Å². The van der Waals surface area contributed by atoms with Gasteiger partial charge in [-0.05, 0) is 12.5 Å². The maximum Gasteiger partial charge on any atom is 0.488 e. The third-order valence-electron chi connectivity index (χ3n) is 3.09.